The zero-order valence-corrected chi connectivity index (χ0v) is 7.76. The molecule has 2 aliphatic rings. The Morgan fingerprint density at radius 3 is 2.58 bits per heavy atom. The van der Waals surface area contributed by atoms with E-state index in [0.717, 1.165) is 5.92 Å². The molecule has 0 atom stereocenters. The summed E-state index contributed by atoms with van der Waals surface area (Å²) >= 11 is 0. The first-order valence-electron chi connectivity index (χ1n) is 5.32. The molecule has 0 amide bonds. The normalized spacial score (nSPS) is 22.5. The first kappa shape index (κ1) is 8.10. The van der Waals surface area contributed by atoms with Crippen LogP contribution in [0.2, 0.25) is 0 Å². The molecule has 12 heavy (non-hydrogen) atoms. The van der Waals surface area contributed by atoms with E-state index in [1.54, 1.807) is 5.57 Å². The summed E-state index contributed by atoms with van der Waals surface area (Å²) in [7, 11) is 0. The molecule has 0 radical (unpaired) electrons. The predicted octanol–water partition coefficient (Wildman–Crippen LogP) is 3.84. The van der Waals surface area contributed by atoms with E-state index in [4.69, 9.17) is 0 Å². The monoisotopic (exact) mass is 162 g/mol. The predicted molar refractivity (Wildman–Crippen MR) is 53.0 cm³/mol. The van der Waals surface area contributed by atoms with E-state index in [1.165, 1.54) is 44.9 Å². The first-order valence-corrected chi connectivity index (χ1v) is 5.32. The maximum absolute atomic E-state index is 2.24. The molecule has 0 saturated heterocycles. The molecule has 0 heteroatoms. The Morgan fingerprint density at radius 2 is 2.00 bits per heavy atom. The molecular formula is C12H18. The lowest BCUT2D eigenvalue weighted by molar-refractivity contribution is 0.484. The summed E-state index contributed by atoms with van der Waals surface area (Å²) in [6, 6.07) is 0. The highest BCUT2D eigenvalue weighted by molar-refractivity contribution is 5.34. The second-order valence-electron chi connectivity index (χ2n) is 4.14. The first-order chi connectivity index (χ1) is 5.95. The largest absolute Gasteiger partial charge is 0.0617 e. The van der Waals surface area contributed by atoms with Gasteiger partial charge < -0.3 is 0 Å². The average molecular weight is 162 g/mol. The Labute approximate surface area is 75.4 Å². The van der Waals surface area contributed by atoms with Gasteiger partial charge >= 0.3 is 0 Å². The van der Waals surface area contributed by atoms with Crippen molar-refractivity contribution in [2.45, 2.75) is 44.9 Å². The van der Waals surface area contributed by atoms with Crippen LogP contribution < -0.4 is 0 Å². The molecule has 2 rings (SSSR count). The Bertz CT molecular complexity index is 192. The zero-order chi connectivity index (χ0) is 8.23. The van der Waals surface area contributed by atoms with Gasteiger partial charge in [0.1, 0.15) is 0 Å². The van der Waals surface area contributed by atoms with Gasteiger partial charge in [-0.1, -0.05) is 50.3 Å². The SMILES string of the molecule is C1=CC(CCCC2CCCC2)=C1. The van der Waals surface area contributed by atoms with E-state index < -0.39 is 0 Å². The Hall–Kier alpha value is -0.520. The lowest BCUT2D eigenvalue weighted by Crippen LogP contribution is -1.94. The Morgan fingerprint density at radius 1 is 1.25 bits per heavy atom. The summed E-state index contributed by atoms with van der Waals surface area (Å²) in [5.74, 6) is 1.08. The van der Waals surface area contributed by atoms with E-state index in [-0.39, 0.29) is 0 Å². The fourth-order valence-electron chi connectivity index (χ4n) is 2.29. The fourth-order valence-corrected chi connectivity index (χ4v) is 2.29. The van der Waals surface area contributed by atoms with Gasteiger partial charge in [0.2, 0.25) is 0 Å². The molecule has 0 unspecified atom stereocenters. The summed E-state index contributed by atoms with van der Waals surface area (Å²) in [6.07, 6.45) is 16.9. The van der Waals surface area contributed by atoms with Gasteiger partial charge in [-0.2, -0.15) is 0 Å². The van der Waals surface area contributed by atoms with Gasteiger partial charge in [0.15, 0.2) is 0 Å². The van der Waals surface area contributed by atoms with Crippen LogP contribution in [0.1, 0.15) is 44.9 Å². The molecular weight excluding hydrogens is 144 g/mol. The minimum atomic E-state index is 1.08. The highest BCUT2D eigenvalue weighted by Crippen LogP contribution is 2.30. The van der Waals surface area contributed by atoms with Crippen molar-refractivity contribution in [3.05, 3.63) is 23.8 Å². The molecule has 0 heterocycles. The van der Waals surface area contributed by atoms with Crippen LogP contribution in [-0.4, -0.2) is 0 Å². The van der Waals surface area contributed by atoms with Gasteiger partial charge in [0, 0.05) is 0 Å². The smallest absolute Gasteiger partial charge is 0.0279 e. The minimum Gasteiger partial charge on any atom is -0.0617 e. The van der Waals surface area contributed by atoms with Crippen molar-refractivity contribution in [2.24, 2.45) is 5.92 Å². The van der Waals surface area contributed by atoms with E-state index >= 15 is 0 Å². The van der Waals surface area contributed by atoms with E-state index in [1.807, 2.05) is 0 Å². The molecule has 0 spiro atoms. The molecule has 2 aliphatic carbocycles. The van der Waals surface area contributed by atoms with Crippen LogP contribution in [0.5, 0.6) is 0 Å². The van der Waals surface area contributed by atoms with Crippen molar-refractivity contribution in [3.63, 3.8) is 0 Å². The van der Waals surface area contributed by atoms with Crippen LogP contribution in [0.4, 0.5) is 0 Å². The maximum atomic E-state index is 2.24. The van der Waals surface area contributed by atoms with E-state index in [2.05, 4.69) is 18.2 Å². The summed E-state index contributed by atoms with van der Waals surface area (Å²) in [4.78, 5) is 0. The van der Waals surface area contributed by atoms with Crippen LogP contribution in [0.25, 0.3) is 0 Å². The van der Waals surface area contributed by atoms with Crippen LogP contribution in [0.15, 0.2) is 23.8 Å². The second kappa shape index (κ2) is 3.93. The van der Waals surface area contributed by atoms with Crippen LogP contribution >= 0.6 is 0 Å². The standard InChI is InChI=1S/C12H18/c1-2-6-11(5-1)7-3-8-12-9-4-10-12/h4,9-11H,1-3,5-8H2. The average Bonchev–Trinajstić information content (AvgIpc) is 2.46. The molecule has 0 aromatic rings. The van der Waals surface area contributed by atoms with Crippen molar-refractivity contribution in [2.75, 3.05) is 0 Å². The highest BCUT2D eigenvalue weighted by Gasteiger charge is 2.14. The van der Waals surface area contributed by atoms with Crippen molar-refractivity contribution >= 4 is 0 Å². The van der Waals surface area contributed by atoms with Crippen molar-refractivity contribution in [3.8, 4) is 0 Å². The molecule has 0 aromatic carbocycles. The molecule has 1 saturated carbocycles. The topological polar surface area (TPSA) is 0 Å². The van der Waals surface area contributed by atoms with Gasteiger partial charge in [-0.05, 0) is 24.3 Å². The fraction of sp³-hybridized carbons (Fsp3) is 0.667. The number of rotatable bonds is 4. The Balaban J connectivity index is 1.56. The third-order valence-corrected chi connectivity index (χ3v) is 3.17. The maximum Gasteiger partial charge on any atom is -0.0279 e. The van der Waals surface area contributed by atoms with Gasteiger partial charge in [-0.3, -0.25) is 0 Å². The minimum absolute atomic E-state index is 1.08. The summed E-state index contributed by atoms with van der Waals surface area (Å²) in [5.41, 5.74) is 1.56. The highest BCUT2D eigenvalue weighted by atomic mass is 14.2. The molecule has 0 nitrogen and oxygen atoms in total. The molecule has 0 bridgehead atoms. The molecule has 0 aromatic heterocycles. The lowest BCUT2D eigenvalue weighted by atomic mass is 9.96. The molecule has 1 fully saturated rings. The van der Waals surface area contributed by atoms with Crippen LogP contribution in [0.3, 0.4) is 0 Å². The third-order valence-electron chi connectivity index (χ3n) is 3.17. The van der Waals surface area contributed by atoms with Crippen molar-refractivity contribution in [1.29, 1.82) is 0 Å². The molecule has 66 valence electrons. The quantitative estimate of drug-likeness (QED) is 0.589. The van der Waals surface area contributed by atoms with Gasteiger partial charge in [0.05, 0.1) is 0 Å². The number of allylic oxidation sites excluding steroid dienone is 4. The molecule has 0 N–H and O–H groups in total. The number of hydrogen-bond donors (Lipinski definition) is 0. The van der Waals surface area contributed by atoms with Crippen LogP contribution in [0, 0.1) is 5.92 Å². The van der Waals surface area contributed by atoms with E-state index in [9.17, 15) is 0 Å². The van der Waals surface area contributed by atoms with E-state index in [0.29, 0.717) is 0 Å². The Kier molecular flexibility index (Phi) is 2.65. The number of hydrogen-bond acceptors (Lipinski definition) is 0. The molecule has 0 aliphatic heterocycles. The van der Waals surface area contributed by atoms with Crippen LogP contribution in [-0.2, 0) is 0 Å². The lowest BCUT2D eigenvalue weighted by Gasteiger charge is -2.10. The third kappa shape index (κ3) is 2.00. The van der Waals surface area contributed by atoms with Crippen molar-refractivity contribution in [1.82, 2.24) is 0 Å². The van der Waals surface area contributed by atoms with Gasteiger partial charge in [0.25, 0.3) is 0 Å². The van der Waals surface area contributed by atoms with Gasteiger partial charge in [-0.25, -0.2) is 0 Å². The summed E-state index contributed by atoms with van der Waals surface area (Å²) < 4.78 is 0. The summed E-state index contributed by atoms with van der Waals surface area (Å²) in [6.45, 7) is 0. The summed E-state index contributed by atoms with van der Waals surface area (Å²) in [5, 5.41) is 0. The zero-order valence-electron chi connectivity index (χ0n) is 7.76. The van der Waals surface area contributed by atoms with Gasteiger partial charge in [-0.15, -0.1) is 0 Å². The van der Waals surface area contributed by atoms with Crippen molar-refractivity contribution < 1.29 is 0 Å². The second-order valence-corrected chi connectivity index (χ2v) is 4.14.